The standard InChI is InChI=1S/C16H15BrFNO/c1-11-13(7-5-8-14(11)17)16(20)19(2)10-12-6-3-4-9-15(12)18/h3-9H,10H2,1-2H3. The van der Waals surface area contributed by atoms with E-state index >= 15 is 0 Å². The first kappa shape index (κ1) is 14.7. The molecule has 2 aromatic carbocycles. The number of benzene rings is 2. The van der Waals surface area contributed by atoms with Crippen molar-refractivity contribution in [1.29, 1.82) is 0 Å². The van der Waals surface area contributed by atoms with Gasteiger partial charge in [0, 0.05) is 29.2 Å². The maximum absolute atomic E-state index is 13.6. The Bertz CT molecular complexity index is 642. The lowest BCUT2D eigenvalue weighted by Gasteiger charge is -2.19. The van der Waals surface area contributed by atoms with Gasteiger partial charge in [-0.3, -0.25) is 4.79 Å². The molecule has 0 aliphatic heterocycles. The lowest BCUT2D eigenvalue weighted by Crippen LogP contribution is -2.27. The first-order valence-electron chi connectivity index (χ1n) is 6.24. The smallest absolute Gasteiger partial charge is 0.254 e. The van der Waals surface area contributed by atoms with Crippen molar-refractivity contribution in [2.24, 2.45) is 0 Å². The molecule has 1 amide bonds. The Hall–Kier alpha value is -1.68. The van der Waals surface area contributed by atoms with Crippen LogP contribution in [0.2, 0.25) is 0 Å². The molecule has 0 saturated heterocycles. The fourth-order valence-corrected chi connectivity index (χ4v) is 2.36. The lowest BCUT2D eigenvalue weighted by molar-refractivity contribution is 0.0783. The minimum absolute atomic E-state index is 0.118. The number of hydrogen-bond acceptors (Lipinski definition) is 1. The molecule has 20 heavy (non-hydrogen) atoms. The van der Waals surface area contributed by atoms with Gasteiger partial charge in [-0.1, -0.05) is 40.2 Å². The van der Waals surface area contributed by atoms with E-state index in [1.165, 1.54) is 11.0 Å². The van der Waals surface area contributed by atoms with Gasteiger partial charge in [0.15, 0.2) is 0 Å². The topological polar surface area (TPSA) is 20.3 Å². The molecule has 0 heterocycles. The van der Waals surface area contributed by atoms with Crippen LogP contribution < -0.4 is 0 Å². The van der Waals surface area contributed by atoms with E-state index in [0.717, 1.165) is 10.0 Å². The fourth-order valence-electron chi connectivity index (χ4n) is 2.00. The average Bonchev–Trinajstić information content (AvgIpc) is 2.43. The molecule has 2 nitrogen and oxygen atoms in total. The van der Waals surface area contributed by atoms with Gasteiger partial charge in [0.05, 0.1) is 0 Å². The second-order valence-electron chi connectivity index (χ2n) is 4.67. The fraction of sp³-hybridized carbons (Fsp3) is 0.188. The molecule has 4 heteroatoms. The van der Waals surface area contributed by atoms with Crippen molar-refractivity contribution in [2.75, 3.05) is 7.05 Å². The second-order valence-corrected chi connectivity index (χ2v) is 5.52. The maximum Gasteiger partial charge on any atom is 0.254 e. The molecule has 0 saturated carbocycles. The van der Waals surface area contributed by atoms with Crippen molar-refractivity contribution < 1.29 is 9.18 Å². The predicted octanol–water partition coefficient (Wildman–Crippen LogP) is 4.17. The van der Waals surface area contributed by atoms with Gasteiger partial charge in [0.25, 0.3) is 5.91 Å². The van der Waals surface area contributed by atoms with Crippen molar-refractivity contribution >= 4 is 21.8 Å². The van der Waals surface area contributed by atoms with E-state index in [1.807, 2.05) is 19.1 Å². The SMILES string of the molecule is Cc1c(Br)cccc1C(=O)N(C)Cc1ccccc1F. The van der Waals surface area contributed by atoms with Crippen LogP contribution in [0, 0.1) is 12.7 Å². The molecule has 0 fully saturated rings. The molecule has 0 aliphatic carbocycles. The second kappa shape index (κ2) is 6.18. The summed E-state index contributed by atoms with van der Waals surface area (Å²) in [5, 5.41) is 0. The van der Waals surface area contributed by atoms with E-state index in [1.54, 1.807) is 31.3 Å². The van der Waals surface area contributed by atoms with Crippen LogP contribution in [0.3, 0.4) is 0 Å². The number of hydrogen-bond donors (Lipinski definition) is 0. The summed E-state index contributed by atoms with van der Waals surface area (Å²) >= 11 is 3.41. The van der Waals surface area contributed by atoms with Crippen LogP contribution in [0.4, 0.5) is 4.39 Å². The van der Waals surface area contributed by atoms with Crippen LogP contribution in [-0.2, 0) is 6.54 Å². The normalized spacial score (nSPS) is 10.4. The Morgan fingerprint density at radius 2 is 1.90 bits per heavy atom. The van der Waals surface area contributed by atoms with Crippen molar-refractivity contribution in [1.82, 2.24) is 4.90 Å². The van der Waals surface area contributed by atoms with Crippen molar-refractivity contribution in [3.63, 3.8) is 0 Å². The number of carbonyl (C=O) groups excluding carboxylic acids is 1. The number of halogens is 2. The number of nitrogens with zero attached hydrogens (tertiary/aromatic N) is 1. The highest BCUT2D eigenvalue weighted by Gasteiger charge is 2.16. The molecule has 2 aromatic rings. The van der Waals surface area contributed by atoms with Gasteiger partial charge in [-0.2, -0.15) is 0 Å². The largest absolute Gasteiger partial charge is 0.337 e. The minimum Gasteiger partial charge on any atom is -0.337 e. The summed E-state index contributed by atoms with van der Waals surface area (Å²) in [6.07, 6.45) is 0. The molecular weight excluding hydrogens is 321 g/mol. The summed E-state index contributed by atoms with van der Waals surface area (Å²) in [5.41, 5.74) is 2.02. The van der Waals surface area contributed by atoms with E-state index in [-0.39, 0.29) is 18.3 Å². The highest BCUT2D eigenvalue weighted by molar-refractivity contribution is 9.10. The molecule has 0 radical (unpaired) electrons. The summed E-state index contributed by atoms with van der Waals surface area (Å²) in [6, 6.07) is 12.0. The summed E-state index contributed by atoms with van der Waals surface area (Å²) in [4.78, 5) is 13.9. The average molecular weight is 336 g/mol. The van der Waals surface area contributed by atoms with Crippen LogP contribution in [0.5, 0.6) is 0 Å². The quantitative estimate of drug-likeness (QED) is 0.824. The zero-order valence-corrected chi connectivity index (χ0v) is 12.9. The van der Waals surface area contributed by atoms with Gasteiger partial charge in [-0.05, 0) is 30.7 Å². The molecule has 0 unspecified atom stereocenters. The Morgan fingerprint density at radius 1 is 1.20 bits per heavy atom. The van der Waals surface area contributed by atoms with Crippen LogP contribution in [0.25, 0.3) is 0 Å². The molecule has 104 valence electrons. The summed E-state index contributed by atoms with van der Waals surface area (Å²) < 4.78 is 14.5. The van der Waals surface area contributed by atoms with E-state index < -0.39 is 0 Å². The number of carbonyl (C=O) groups is 1. The van der Waals surface area contributed by atoms with Gasteiger partial charge in [0.2, 0.25) is 0 Å². The van der Waals surface area contributed by atoms with Crippen molar-refractivity contribution in [3.05, 3.63) is 69.4 Å². The Kier molecular flexibility index (Phi) is 4.55. The molecular formula is C16H15BrFNO. The van der Waals surface area contributed by atoms with Crippen molar-refractivity contribution in [2.45, 2.75) is 13.5 Å². The molecule has 0 aromatic heterocycles. The Balaban J connectivity index is 2.21. The van der Waals surface area contributed by atoms with Crippen LogP contribution in [0.15, 0.2) is 46.9 Å². The molecule has 0 bridgehead atoms. The zero-order chi connectivity index (χ0) is 14.7. The lowest BCUT2D eigenvalue weighted by atomic mass is 10.1. The molecule has 2 rings (SSSR count). The maximum atomic E-state index is 13.6. The van der Waals surface area contributed by atoms with E-state index in [9.17, 15) is 9.18 Å². The first-order valence-corrected chi connectivity index (χ1v) is 7.04. The van der Waals surface area contributed by atoms with Crippen LogP contribution >= 0.6 is 15.9 Å². The van der Waals surface area contributed by atoms with Gasteiger partial charge in [-0.15, -0.1) is 0 Å². The van der Waals surface area contributed by atoms with E-state index in [2.05, 4.69) is 15.9 Å². The summed E-state index contributed by atoms with van der Waals surface area (Å²) in [6.45, 7) is 2.13. The third-order valence-electron chi connectivity index (χ3n) is 3.21. The van der Waals surface area contributed by atoms with Crippen LogP contribution in [-0.4, -0.2) is 17.9 Å². The predicted molar refractivity (Wildman–Crippen MR) is 81.1 cm³/mol. The van der Waals surface area contributed by atoms with Crippen molar-refractivity contribution in [3.8, 4) is 0 Å². The monoisotopic (exact) mass is 335 g/mol. The number of amides is 1. The minimum atomic E-state index is -0.293. The van der Waals surface area contributed by atoms with Gasteiger partial charge >= 0.3 is 0 Å². The highest BCUT2D eigenvalue weighted by Crippen LogP contribution is 2.21. The van der Waals surface area contributed by atoms with E-state index in [0.29, 0.717) is 11.1 Å². The Labute approximate surface area is 126 Å². The third-order valence-corrected chi connectivity index (χ3v) is 4.07. The molecule has 0 N–H and O–H groups in total. The zero-order valence-electron chi connectivity index (χ0n) is 11.4. The van der Waals surface area contributed by atoms with E-state index in [4.69, 9.17) is 0 Å². The van der Waals surface area contributed by atoms with Gasteiger partial charge in [0.1, 0.15) is 5.82 Å². The van der Waals surface area contributed by atoms with Gasteiger partial charge < -0.3 is 4.90 Å². The number of rotatable bonds is 3. The first-order chi connectivity index (χ1) is 9.50. The Morgan fingerprint density at radius 3 is 2.60 bits per heavy atom. The summed E-state index contributed by atoms with van der Waals surface area (Å²) in [5.74, 6) is -0.412. The summed E-state index contributed by atoms with van der Waals surface area (Å²) in [7, 11) is 1.68. The highest BCUT2D eigenvalue weighted by atomic mass is 79.9. The van der Waals surface area contributed by atoms with Gasteiger partial charge in [-0.25, -0.2) is 4.39 Å². The molecule has 0 aliphatic rings. The molecule has 0 spiro atoms. The third kappa shape index (κ3) is 3.07. The molecule has 0 atom stereocenters. The van der Waals surface area contributed by atoms with Crippen LogP contribution in [0.1, 0.15) is 21.5 Å².